The Morgan fingerprint density at radius 1 is 0.338 bits per heavy atom. The van der Waals surface area contributed by atoms with Crippen molar-refractivity contribution in [3.63, 3.8) is 0 Å². The molecule has 0 saturated heterocycles. The highest BCUT2D eigenvalue weighted by Gasteiger charge is 2.07. The van der Waals surface area contributed by atoms with Gasteiger partial charge in [-0.1, -0.05) is 193 Å². The number of benzene rings is 4. The van der Waals surface area contributed by atoms with Crippen LogP contribution in [-0.4, -0.2) is 44.8 Å². The van der Waals surface area contributed by atoms with Gasteiger partial charge in [0, 0.05) is 12.4 Å². The highest BCUT2D eigenvalue weighted by atomic mass is 16.5. The topological polar surface area (TPSA) is 78.7 Å². The van der Waals surface area contributed by atoms with E-state index in [-0.39, 0.29) is 5.97 Å². The van der Waals surface area contributed by atoms with Crippen molar-refractivity contribution in [1.29, 1.82) is 0 Å². The van der Waals surface area contributed by atoms with Crippen molar-refractivity contribution in [3.05, 3.63) is 114 Å². The second-order valence-corrected chi connectivity index (χ2v) is 19.6. The van der Waals surface area contributed by atoms with E-state index in [1.807, 2.05) is 97.4 Å². The van der Waals surface area contributed by atoms with Gasteiger partial charge in [-0.05, 0) is 128 Å². The van der Waals surface area contributed by atoms with Crippen LogP contribution in [0.2, 0.25) is 0 Å². The molecule has 4 aromatic rings. The Kier molecular flexibility index (Phi) is 33.6. The first kappa shape index (κ1) is 58.7. The van der Waals surface area contributed by atoms with Crippen molar-refractivity contribution in [3.8, 4) is 17.2 Å². The number of hydrogen-bond donors (Lipinski definition) is 0. The van der Waals surface area contributed by atoms with Crippen molar-refractivity contribution >= 4 is 29.8 Å². The van der Waals surface area contributed by atoms with Gasteiger partial charge >= 0.3 is 5.97 Å². The predicted molar refractivity (Wildman–Crippen MR) is 302 cm³/mol. The summed E-state index contributed by atoms with van der Waals surface area (Å²) in [5.41, 5.74) is 4.21. The Labute approximate surface area is 432 Å². The molecule has 71 heavy (non-hydrogen) atoms. The maximum atomic E-state index is 12.6. The minimum absolute atomic E-state index is 0.311. The third-order valence-electron chi connectivity index (χ3n) is 13.2. The fourth-order valence-corrected chi connectivity index (χ4v) is 8.70. The lowest BCUT2D eigenvalue weighted by molar-refractivity contribution is 0.0497. The second kappa shape index (κ2) is 40.7. The van der Waals surface area contributed by atoms with Crippen LogP contribution in [0.15, 0.2) is 107 Å². The molecule has 0 fully saturated rings. The van der Waals surface area contributed by atoms with E-state index >= 15 is 0 Å². The summed E-state index contributed by atoms with van der Waals surface area (Å²) in [5.74, 6) is 2.30. The molecule has 0 radical (unpaired) electrons. The molecule has 0 spiro atoms. The lowest BCUT2D eigenvalue weighted by Crippen LogP contribution is -2.07. The van der Waals surface area contributed by atoms with E-state index in [4.69, 9.17) is 18.9 Å². The molecule has 0 unspecified atom stereocenters. The van der Waals surface area contributed by atoms with Crippen LogP contribution in [0, 0.1) is 0 Å². The second-order valence-electron chi connectivity index (χ2n) is 19.6. The van der Waals surface area contributed by atoms with Crippen LogP contribution in [0.1, 0.15) is 234 Å². The van der Waals surface area contributed by atoms with Crippen LogP contribution < -0.4 is 14.2 Å². The molecule has 0 N–H and O–H groups in total. The summed E-state index contributed by atoms with van der Waals surface area (Å²) < 4.78 is 23.4. The molecule has 0 amide bonds. The SMILES string of the molecule is CCCCCCCCCCCCCCCCOc1ccc(N=Cc2ccc(OCCCCCOC(=O)c3ccc(C=Nc4ccc(OCCCCCCCCCCCCCCCC)cc4)cc3)cc2)cc1. The van der Waals surface area contributed by atoms with Crippen molar-refractivity contribution in [2.45, 2.75) is 213 Å². The zero-order valence-electron chi connectivity index (χ0n) is 44.6. The van der Waals surface area contributed by atoms with E-state index in [1.54, 1.807) is 12.1 Å². The third kappa shape index (κ3) is 29.9. The summed E-state index contributed by atoms with van der Waals surface area (Å²) in [4.78, 5) is 21.9. The standard InChI is InChI=1S/C64H94N2O5/c1-3-5-7-9-11-13-15-17-19-21-23-25-27-30-50-69-62-46-40-59(41-47-62)65-54-56-34-38-58(39-35-56)64(67)71-53-33-29-32-52-68-61-44-36-57(37-45-61)55-66-60-42-48-63(49-43-60)70-51-31-28-26-24-22-20-18-16-14-12-10-8-6-4-2/h34-49,54-55H,3-33,50-53H2,1-2H3. The highest BCUT2D eigenvalue weighted by molar-refractivity contribution is 5.91. The summed E-state index contributed by atoms with van der Waals surface area (Å²) in [6.07, 6.45) is 44.3. The molecule has 7 nitrogen and oxygen atoms in total. The Hall–Kier alpha value is -4.91. The average Bonchev–Trinajstić information content (AvgIpc) is 3.40. The molecule has 4 rings (SSSR count). The number of rotatable bonds is 44. The maximum absolute atomic E-state index is 12.6. The zero-order chi connectivity index (χ0) is 49.9. The van der Waals surface area contributed by atoms with Crippen molar-refractivity contribution < 1.29 is 23.7 Å². The molecule has 0 aliphatic carbocycles. The summed E-state index contributed by atoms with van der Waals surface area (Å²) in [6, 6.07) is 31.3. The minimum Gasteiger partial charge on any atom is -0.494 e. The number of hydrogen-bond acceptors (Lipinski definition) is 7. The van der Waals surface area contributed by atoms with Gasteiger partial charge in [0.1, 0.15) is 17.2 Å². The van der Waals surface area contributed by atoms with E-state index in [1.165, 1.54) is 167 Å². The number of carbonyl (C=O) groups is 1. The maximum Gasteiger partial charge on any atom is 0.338 e. The molecule has 7 heteroatoms. The van der Waals surface area contributed by atoms with Gasteiger partial charge < -0.3 is 18.9 Å². The van der Waals surface area contributed by atoms with Crippen LogP contribution >= 0.6 is 0 Å². The monoisotopic (exact) mass is 971 g/mol. The fraction of sp³-hybridized carbons (Fsp3) is 0.578. The molecule has 0 aliphatic heterocycles. The lowest BCUT2D eigenvalue weighted by Gasteiger charge is -2.07. The summed E-state index contributed by atoms with van der Waals surface area (Å²) in [5, 5.41) is 0. The van der Waals surface area contributed by atoms with Crippen LogP contribution in [0.4, 0.5) is 11.4 Å². The average molecular weight is 971 g/mol. The number of carbonyl (C=O) groups excluding carboxylic acids is 1. The number of ether oxygens (including phenoxy) is 4. The summed E-state index contributed by atoms with van der Waals surface area (Å²) in [7, 11) is 0. The fourth-order valence-electron chi connectivity index (χ4n) is 8.70. The largest absolute Gasteiger partial charge is 0.494 e. The van der Waals surface area contributed by atoms with Crippen LogP contribution in [-0.2, 0) is 4.74 Å². The molecule has 0 aliphatic rings. The van der Waals surface area contributed by atoms with E-state index in [0.717, 1.165) is 85.1 Å². The van der Waals surface area contributed by atoms with Gasteiger partial charge in [-0.2, -0.15) is 0 Å². The highest BCUT2D eigenvalue weighted by Crippen LogP contribution is 2.22. The van der Waals surface area contributed by atoms with E-state index in [9.17, 15) is 4.79 Å². The Morgan fingerprint density at radius 2 is 0.606 bits per heavy atom. The molecule has 0 bridgehead atoms. The predicted octanol–water partition coefficient (Wildman–Crippen LogP) is 19.3. The molecule has 0 heterocycles. The number of aliphatic imine (C=N–C) groups is 2. The van der Waals surface area contributed by atoms with Gasteiger partial charge in [0.15, 0.2) is 0 Å². The summed E-state index contributed by atoms with van der Waals surface area (Å²) in [6.45, 7) is 7.08. The first-order valence-electron chi connectivity index (χ1n) is 28.7. The van der Waals surface area contributed by atoms with E-state index in [2.05, 4.69) is 23.8 Å². The van der Waals surface area contributed by atoms with E-state index < -0.39 is 0 Å². The van der Waals surface area contributed by atoms with Crippen LogP contribution in [0.3, 0.4) is 0 Å². The van der Waals surface area contributed by atoms with Crippen molar-refractivity contribution in [2.75, 3.05) is 26.4 Å². The zero-order valence-corrected chi connectivity index (χ0v) is 44.6. The van der Waals surface area contributed by atoms with E-state index in [0.29, 0.717) is 18.8 Å². The Morgan fingerprint density at radius 3 is 0.944 bits per heavy atom. The number of esters is 1. The quantitative estimate of drug-likeness (QED) is 0.0251. The van der Waals surface area contributed by atoms with Gasteiger partial charge in [0.25, 0.3) is 0 Å². The Bertz CT molecular complexity index is 1920. The van der Waals surface area contributed by atoms with Gasteiger partial charge in [-0.3, -0.25) is 9.98 Å². The smallest absolute Gasteiger partial charge is 0.338 e. The molecule has 0 aromatic heterocycles. The normalized spacial score (nSPS) is 11.5. The van der Waals surface area contributed by atoms with Gasteiger partial charge in [-0.15, -0.1) is 0 Å². The van der Waals surface area contributed by atoms with Gasteiger partial charge in [0.2, 0.25) is 0 Å². The molecule has 0 atom stereocenters. The minimum atomic E-state index is -0.311. The van der Waals surface area contributed by atoms with Gasteiger partial charge in [0.05, 0.1) is 43.4 Å². The lowest BCUT2D eigenvalue weighted by atomic mass is 10.0. The molecule has 0 saturated carbocycles. The van der Waals surface area contributed by atoms with Crippen molar-refractivity contribution in [2.24, 2.45) is 9.98 Å². The molecular weight excluding hydrogens is 877 g/mol. The van der Waals surface area contributed by atoms with Gasteiger partial charge in [-0.25, -0.2) is 4.79 Å². The number of nitrogens with zero attached hydrogens (tertiary/aromatic N) is 2. The molecular formula is C64H94N2O5. The first-order valence-corrected chi connectivity index (χ1v) is 28.7. The first-order chi connectivity index (χ1) is 35.1. The molecule has 390 valence electrons. The van der Waals surface area contributed by atoms with Crippen molar-refractivity contribution in [1.82, 2.24) is 0 Å². The third-order valence-corrected chi connectivity index (χ3v) is 13.2. The van der Waals surface area contributed by atoms with Crippen LogP contribution in [0.5, 0.6) is 17.2 Å². The molecule has 4 aromatic carbocycles. The summed E-state index contributed by atoms with van der Waals surface area (Å²) >= 11 is 0. The number of unbranched alkanes of at least 4 members (excludes halogenated alkanes) is 28. The van der Waals surface area contributed by atoms with Crippen LogP contribution in [0.25, 0.3) is 0 Å². The Balaban J connectivity index is 0.952.